The summed E-state index contributed by atoms with van der Waals surface area (Å²) in [7, 11) is 4.18. The summed E-state index contributed by atoms with van der Waals surface area (Å²) in [6.07, 6.45) is 5.08. The van der Waals surface area contributed by atoms with Gasteiger partial charge in [-0.2, -0.15) is 0 Å². The Bertz CT molecular complexity index is 1170. The number of piperazine rings is 1. The smallest absolute Gasteiger partial charge is 0.137 e. The lowest BCUT2D eigenvalue weighted by atomic mass is 10.0. The highest BCUT2D eigenvalue weighted by Gasteiger charge is 2.14. The fourth-order valence-corrected chi connectivity index (χ4v) is 4.45. The van der Waals surface area contributed by atoms with E-state index in [4.69, 9.17) is 4.98 Å². The molecule has 1 fully saturated rings. The molecule has 2 N–H and O–H groups in total. The van der Waals surface area contributed by atoms with Gasteiger partial charge in [0.1, 0.15) is 5.65 Å². The van der Waals surface area contributed by atoms with Gasteiger partial charge in [-0.15, -0.1) is 0 Å². The van der Waals surface area contributed by atoms with Crippen LogP contribution in [0.15, 0.2) is 67.0 Å². The van der Waals surface area contributed by atoms with Crippen LogP contribution in [0.1, 0.15) is 5.56 Å². The standard InChI is InChI=1S/C27H31N5/c1-28-12-11-20-3-5-22(6-4-20)26-19-30-27-25(26)17-23(18-29-27)21-7-9-24(10-8-21)32-15-13-31(2)14-16-32/h3-10,17-19,28H,11-16H2,1-2H3,(H,29,30). The molecule has 5 nitrogen and oxygen atoms in total. The van der Waals surface area contributed by atoms with Gasteiger partial charge in [0.25, 0.3) is 0 Å². The van der Waals surface area contributed by atoms with Gasteiger partial charge < -0.3 is 20.1 Å². The Morgan fingerprint density at radius 3 is 2.34 bits per heavy atom. The average Bonchev–Trinajstić information content (AvgIpc) is 3.27. The number of hydrogen-bond acceptors (Lipinski definition) is 4. The number of H-pyrrole nitrogens is 1. The highest BCUT2D eigenvalue weighted by atomic mass is 15.2. The molecule has 0 bridgehead atoms. The zero-order valence-corrected chi connectivity index (χ0v) is 18.9. The van der Waals surface area contributed by atoms with Crippen molar-refractivity contribution in [2.24, 2.45) is 0 Å². The molecule has 164 valence electrons. The molecule has 3 heterocycles. The summed E-state index contributed by atoms with van der Waals surface area (Å²) in [5, 5.41) is 4.37. The van der Waals surface area contributed by atoms with E-state index in [1.807, 2.05) is 13.2 Å². The SMILES string of the molecule is CNCCc1ccc(-c2c[nH]c3ncc(-c4ccc(N5CCN(C)CC5)cc4)cc23)cc1. The van der Waals surface area contributed by atoms with Gasteiger partial charge in [-0.1, -0.05) is 36.4 Å². The molecule has 0 amide bonds. The number of nitrogens with zero attached hydrogens (tertiary/aromatic N) is 3. The van der Waals surface area contributed by atoms with Gasteiger partial charge in [0, 0.05) is 60.8 Å². The maximum absolute atomic E-state index is 4.70. The number of aromatic amines is 1. The molecule has 0 unspecified atom stereocenters. The lowest BCUT2D eigenvalue weighted by Gasteiger charge is -2.34. The molecule has 1 saturated heterocycles. The van der Waals surface area contributed by atoms with Crippen LogP contribution in [0.5, 0.6) is 0 Å². The fraction of sp³-hybridized carbons (Fsp3) is 0.296. The van der Waals surface area contributed by atoms with Gasteiger partial charge in [-0.3, -0.25) is 0 Å². The van der Waals surface area contributed by atoms with Gasteiger partial charge in [0.15, 0.2) is 0 Å². The molecule has 0 atom stereocenters. The Morgan fingerprint density at radius 2 is 1.62 bits per heavy atom. The first kappa shape index (κ1) is 20.7. The Labute approximate surface area is 190 Å². The van der Waals surface area contributed by atoms with E-state index < -0.39 is 0 Å². The van der Waals surface area contributed by atoms with Crippen LogP contribution in [0.2, 0.25) is 0 Å². The number of fused-ring (bicyclic) bond motifs is 1. The van der Waals surface area contributed by atoms with E-state index in [0.717, 1.165) is 55.7 Å². The van der Waals surface area contributed by atoms with Crippen molar-refractivity contribution < 1.29 is 0 Å². The van der Waals surface area contributed by atoms with Crippen molar-refractivity contribution in [1.82, 2.24) is 20.2 Å². The molecule has 0 spiro atoms. The Kier molecular flexibility index (Phi) is 5.93. The summed E-state index contributed by atoms with van der Waals surface area (Å²) >= 11 is 0. The number of pyridine rings is 1. The quantitative estimate of drug-likeness (QED) is 0.480. The number of hydrogen-bond donors (Lipinski definition) is 2. The predicted octanol–water partition coefficient (Wildman–Crippen LogP) is 4.41. The second-order valence-corrected chi connectivity index (χ2v) is 8.71. The summed E-state index contributed by atoms with van der Waals surface area (Å²) in [4.78, 5) is 12.9. The van der Waals surface area contributed by atoms with Gasteiger partial charge >= 0.3 is 0 Å². The lowest BCUT2D eigenvalue weighted by Crippen LogP contribution is -2.44. The van der Waals surface area contributed by atoms with Gasteiger partial charge in [-0.25, -0.2) is 4.98 Å². The van der Waals surface area contributed by atoms with E-state index in [1.54, 1.807) is 0 Å². The van der Waals surface area contributed by atoms with Crippen molar-refractivity contribution in [3.05, 3.63) is 72.6 Å². The third-order valence-electron chi connectivity index (χ3n) is 6.53. The van der Waals surface area contributed by atoms with Crippen molar-refractivity contribution in [2.45, 2.75) is 6.42 Å². The monoisotopic (exact) mass is 425 g/mol. The van der Waals surface area contributed by atoms with Crippen molar-refractivity contribution >= 4 is 16.7 Å². The molecule has 1 aliphatic rings. The van der Waals surface area contributed by atoms with Crippen LogP contribution in [-0.2, 0) is 6.42 Å². The van der Waals surface area contributed by atoms with Crippen LogP contribution >= 0.6 is 0 Å². The molecule has 32 heavy (non-hydrogen) atoms. The topological polar surface area (TPSA) is 47.2 Å². The zero-order chi connectivity index (χ0) is 21.9. The molecule has 1 aliphatic heterocycles. The molecule has 2 aromatic heterocycles. The summed E-state index contributed by atoms with van der Waals surface area (Å²) in [5.41, 5.74) is 8.34. The van der Waals surface area contributed by atoms with Crippen molar-refractivity contribution in [3.8, 4) is 22.3 Å². The third kappa shape index (κ3) is 4.27. The first-order chi connectivity index (χ1) is 15.7. The molecule has 0 aliphatic carbocycles. The highest BCUT2D eigenvalue weighted by Crippen LogP contribution is 2.32. The molecular weight excluding hydrogens is 394 g/mol. The Morgan fingerprint density at radius 1 is 0.906 bits per heavy atom. The Hall–Kier alpha value is -3.15. The normalized spacial score (nSPS) is 14.9. The van der Waals surface area contributed by atoms with E-state index >= 15 is 0 Å². The predicted molar refractivity (Wildman–Crippen MR) is 134 cm³/mol. The zero-order valence-electron chi connectivity index (χ0n) is 18.9. The molecule has 5 rings (SSSR count). The summed E-state index contributed by atoms with van der Waals surface area (Å²) < 4.78 is 0. The molecule has 4 aromatic rings. The molecular formula is C27H31N5. The van der Waals surface area contributed by atoms with Crippen molar-refractivity contribution in [1.29, 1.82) is 0 Å². The van der Waals surface area contributed by atoms with Crippen LogP contribution in [0.25, 0.3) is 33.3 Å². The van der Waals surface area contributed by atoms with E-state index in [9.17, 15) is 0 Å². The minimum Gasteiger partial charge on any atom is -0.369 e. The van der Waals surface area contributed by atoms with Crippen LogP contribution in [-0.4, -0.2) is 61.7 Å². The molecule has 5 heteroatoms. The molecule has 0 saturated carbocycles. The van der Waals surface area contributed by atoms with Crippen LogP contribution in [0.3, 0.4) is 0 Å². The third-order valence-corrected chi connectivity index (χ3v) is 6.53. The molecule has 0 radical (unpaired) electrons. The van der Waals surface area contributed by atoms with Crippen LogP contribution in [0.4, 0.5) is 5.69 Å². The van der Waals surface area contributed by atoms with E-state index in [2.05, 4.69) is 87.9 Å². The number of rotatable bonds is 6. The number of nitrogens with one attached hydrogen (secondary N) is 2. The first-order valence-corrected chi connectivity index (χ1v) is 11.5. The maximum atomic E-state index is 4.70. The summed E-state index contributed by atoms with van der Waals surface area (Å²) in [6, 6.07) is 20.1. The highest BCUT2D eigenvalue weighted by molar-refractivity contribution is 5.95. The van der Waals surface area contributed by atoms with Crippen molar-refractivity contribution in [2.75, 3.05) is 51.7 Å². The van der Waals surface area contributed by atoms with Crippen LogP contribution < -0.4 is 10.2 Å². The number of aromatic nitrogens is 2. The lowest BCUT2D eigenvalue weighted by molar-refractivity contribution is 0.313. The minimum absolute atomic E-state index is 0.928. The largest absolute Gasteiger partial charge is 0.369 e. The van der Waals surface area contributed by atoms with Crippen molar-refractivity contribution in [3.63, 3.8) is 0 Å². The van der Waals surface area contributed by atoms with Gasteiger partial charge in [0.2, 0.25) is 0 Å². The first-order valence-electron chi connectivity index (χ1n) is 11.5. The van der Waals surface area contributed by atoms with E-state index in [0.29, 0.717) is 0 Å². The Balaban J connectivity index is 1.40. The van der Waals surface area contributed by atoms with Gasteiger partial charge in [0.05, 0.1) is 0 Å². The summed E-state index contributed by atoms with van der Waals surface area (Å²) in [6.45, 7) is 5.41. The van der Waals surface area contributed by atoms with Crippen LogP contribution in [0, 0.1) is 0 Å². The minimum atomic E-state index is 0.928. The number of likely N-dealkylation sites (N-methyl/N-ethyl adjacent to an activating group) is 2. The number of benzene rings is 2. The van der Waals surface area contributed by atoms with E-state index in [1.165, 1.54) is 27.9 Å². The average molecular weight is 426 g/mol. The second-order valence-electron chi connectivity index (χ2n) is 8.71. The second kappa shape index (κ2) is 9.15. The molecule has 2 aromatic carbocycles. The maximum Gasteiger partial charge on any atom is 0.137 e. The fourth-order valence-electron chi connectivity index (χ4n) is 4.45. The number of anilines is 1. The van der Waals surface area contributed by atoms with E-state index in [-0.39, 0.29) is 0 Å². The van der Waals surface area contributed by atoms with Gasteiger partial charge in [-0.05, 0) is 62.0 Å². The summed E-state index contributed by atoms with van der Waals surface area (Å²) in [5.74, 6) is 0.